The number of rotatable bonds is 11. The van der Waals surface area contributed by atoms with Gasteiger partial charge in [-0.15, -0.1) is 0 Å². The van der Waals surface area contributed by atoms with E-state index in [1.165, 1.54) is 32.1 Å². The van der Waals surface area contributed by atoms with Crippen LogP contribution in [0.3, 0.4) is 0 Å². The summed E-state index contributed by atoms with van der Waals surface area (Å²) < 4.78 is 11.1. The molecule has 1 heterocycles. The summed E-state index contributed by atoms with van der Waals surface area (Å²) >= 11 is 0. The number of aliphatic hydroxyl groups excluding tert-OH is 3. The third kappa shape index (κ3) is 6.61. The number of hydrogen-bond acceptors (Lipinski definition) is 5. The smallest absolute Gasteiger partial charge is 0.114 e. The van der Waals surface area contributed by atoms with Gasteiger partial charge in [-0.25, -0.2) is 0 Å². The monoisotopic (exact) mass is 304 g/mol. The van der Waals surface area contributed by atoms with Gasteiger partial charge in [0, 0.05) is 0 Å². The van der Waals surface area contributed by atoms with Crippen molar-refractivity contribution in [3.63, 3.8) is 0 Å². The molecule has 0 aromatic rings. The zero-order valence-corrected chi connectivity index (χ0v) is 13.4. The SMILES string of the molecule is CCCCCCCCC(C)O[C@H](CO)[C@H]1OC[C@H](O)[C@H]1O. The van der Waals surface area contributed by atoms with Crippen molar-refractivity contribution in [2.24, 2.45) is 0 Å². The third-order valence-electron chi connectivity index (χ3n) is 4.11. The summed E-state index contributed by atoms with van der Waals surface area (Å²) in [4.78, 5) is 0. The molecule has 1 aliphatic heterocycles. The highest BCUT2D eigenvalue weighted by Crippen LogP contribution is 2.21. The Morgan fingerprint density at radius 3 is 2.38 bits per heavy atom. The summed E-state index contributed by atoms with van der Waals surface area (Å²) in [5.41, 5.74) is 0. The lowest BCUT2D eigenvalue weighted by Gasteiger charge is -2.27. The molecule has 0 bridgehead atoms. The lowest BCUT2D eigenvalue weighted by molar-refractivity contribution is -0.123. The zero-order valence-electron chi connectivity index (χ0n) is 13.4. The maximum atomic E-state index is 9.80. The maximum Gasteiger partial charge on any atom is 0.114 e. The van der Waals surface area contributed by atoms with E-state index in [0.717, 1.165) is 12.8 Å². The van der Waals surface area contributed by atoms with Gasteiger partial charge in [-0.05, 0) is 13.3 Å². The Hall–Kier alpha value is -0.200. The first-order valence-electron chi connectivity index (χ1n) is 8.34. The van der Waals surface area contributed by atoms with E-state index in [1.54, 1.807) is 0 Å². The average molecular weight is 304 g/mol. The van der Waals surface area contributed by atoms with Crippen molar-refractivity contribution in [2.75, 3.05) is 13.2 Å². The molecule has 0 radical (unpaired) electrons. The Balaban J connectivity index is 2.20. The van der Waals surface area contributed by atoms with Crippen LogP contribution in [0.1, 0.15) is 58.8 Å². The van der Waals surface area contributed by atoms with Crippen molar-refractivity contribution in [1.82, 2.24) is 0 Å². The lowest BCUT2D eigenvalue weighted by Crippen LogP contribution is -2.43. The fourth-order valence-electron chi connectivity index (χ4n) is 2.76. The summed E-state index contributed by atoms with van der Waals surface area (Å²) in [6.45, 7) is 4.07. The minimum Gasteiger partial charge on any atom is -0.394 e. The molecule has 1 rings (SSSR count). The Bertz CT molecular complexity index is 261. The highest BCUT2D eigenvalue weighted by Gasteiger charge is 2.40. The molecule has 5 nitrogen and oxygen atoms in total. The Morgan fingerprint density at radius 2 is 1.81 bits per heavy atom. The fourth-order valence-corrected chi connectivity index (χ4v) is 2.76. The van der Waals surface area contributed by atoms with Crippen molar-refractivity contribution in [3.05, 3.63) is 0 Å². The second-order valence-electron chi connectivity index (χ2n) is 6.08. The number of unbranched alkanes of at least 4 members (excludes halogenated alkanes) is 5. The fraction of sp³-hybridized carbons (Fsp3) is 1.00. The van der Waals surface area contributed by atoms with E-state index in [9.17, 15) is 15.3 Å². The molecule has 0 aromatic heterocycles. The number of aliphatic hydroxyl groups is 3. The second kappa shape index (κ2) is 10.5. The Morgan fingerprint density at radius 1 is 1.14 bits per heavy atom. The molecule has 5 heteroatoms. The number of hydrogen-bond donors (Lipinski definition) is 3. The van der Waals surface area contributed by atoms with Gasteiger partial charge in [0.25, 0.3) is 0 Å². The van der Waals surface area contributed by atoms with Gasteiger partial charge in [0.15, 0.2) is 0 Å². The standard InChI is InChI=1S/C16H32O5/c1-3-4-5-6-7-8-9-12(2)21-14(10-17)16-15(19)13(18)11-20-16/h12-19H,3-11H2,1-2H3/t12?,13-,14+,15+,16+/m0/s1. The predicted octanol–water partition coefficient (Wildman–Crippen LogP) is 1.62. The molecule has 0 amide bonds. The molecule has 1 aliphatic rings. The van der Waals surface area contributed by atoms with E-state index in [4.69, 9.17) is 9.47 Å². The van der Waals surface area contributed by atoms with Crippen LogP contribution in [0.5, 0.6) is 0 Å². The molecule has 0 aromatic carbocycles. The summed E-state index contributed by atoms with van der Waals surface area (Å²) in [5.74, 6) is 0. The minimum absolute atomic E-state index is 0.0156. The zero-order chi connectivity index (χ0) is 15.7. The number of ether oxygens (including phenoxy) is 2. The van der Waals surface area contributed by atoms with Gasteiger partial charge in [-0.2, -0.15) is 0 Å². The molecular weight excluding hydrogens is 272 g/mol. The van der Waals surface area contributed by atoms with Gasteiger partial charge in [0.2, 0.25) is 0 Å². The van der Waals surface area contributed by atoms with E-state index >= 15 is 0 Å². The largest absolute Gasteiger partial charge is 0.394 e. The van der Waals surface area contributed by atoms with Gasteiger partial charge >= 0.3 is 0 Å². The van der Waals surface area contributed by atoms with Crippen LogP contribution in [0.2, 0.25) is 0 Å². The highest BCUT2D eigenvalue weighted by molar-refractivity contribution is 4.88. The molecule has 3 N–H and O–H groups in total. The van der Waals surface area contributed by atoms with Gasteiger partial charge in [-0.3, -0.25) is 0 Å². The predicted molar refractivity (Wildman–Crippen MR) is 81.2 cm³/mol. The van der Waals surface area contributed by atoms with Crippen molar-refractivity contribution in [2.45, 2.75) is 89.3 Å². The molecule has 1 fully saturated rings. The normalized spacial score (nSPS) is 28.7. The van der Waals surface area contributed by atoms with Crippen LogP contribution in [0, 0.1) is 0 Å². The summed E-state index contributed by atoms with van der Waals surface area (Å²) in [6.07, 6.45) is 5.31. The molecule has 0 saturated carbocycles. The minimum atomic E-state index is -0.983. The first-order chi connectivity index (χ1) is 10.1. The highest BCUT2D eigenvalue weighted by atomic mass is 16.6. The van der Waals surface area contributed by atoms with Gasteiger partial charge in [-0.1, -0.05) is 45.4 Å². The second-order valence-corrected chi connectivity index (χ2v) is 6.08. The van der Waals surface area contributed by atoms with Crippen LogP contribution in [0.4, 0.5) is 0 Å². The van der Waals surface area contributed by atoms with Gasteiger partial charge < -0.3 is 24.8 Å². The van der Waals surface area contributed by atoms with Crippen LogP contribution >= 0.6 is 0 Å². The maximum absolute atomic E-state index is 9.80. The van der Waals surface area contributed by atoms with E-state index in [-0.39, 0.29) is 19.3 Å². The first kappa shape index (κ1) is 18.8. The Kier molecular flexibility index (Phi) is 9.44. The molecule has 21 heavy (non-hydrogen) atoms. The van der Waals surface area contributed by atoms with E-state index in [2.05, 4.69) is 6.92 Å². The van der Waals surface area contributed by atoms with Crippen LogP contribution in [-0.4, -0.2) is 59.1 Å². The molecule has 1 saturated heterocycles. The molecule has 126 valence electrons. The van der Waals surface area contributed by atoms with Crippen LogP contribution in [0.25, 0.3) is 0 Å². The summed E-state index contributed by atoms with van der Waals surface area (Å²) in [5, 5.41) is 28.7. The van der Waals surface area contributed by atoms with E-state index < -0.39 is 24.4 Å². The first-order valence-corrected chi connectivity index (χ1v) is 8.34. The molecular formula is C16H32O5. The molecule has 1 unspecified atom stereocenters. The van der Waals surface area contributed by atoms with Gasteiger partial charge in [0.1, 0.15) is 24.4 Å². The van der Waals surface area contributed by atoms with E-state index in [0.29, 0.717) is 0 Å². The molecule has 0 spiro atoms. The van der Waals surface area contributed by atoms with Gasteiger partial charge in [0.05, 0.1) is 19.3 Å². The lowest BCUT2D eigenvalue weighted by atomic mass is 10.1. The summed E-state index contributed by atoms with van der Waals surface area (Å²) in [6, 6.07) is 0. The summed E-state index contributed by atoms with van der Waals surface area (Å²) in [7, 11) is 0. The average Bonchev–Trinajstić information content (AvgIpc) is 2.80. The molecule has 5 atom stereocenters. The van der Waals surface area contributed by atoms with Crippen LogP contribution < -0.4 is 0 Å². The quantitative estimate of drug-likeness (QED) is 0.506. The van der Waals surface area contributed by atoms with Crippen LogP contribution in [0.15, 0.2) is 0 Å². The van der Waals surface area contributed by atoms with E-state index in [1.807, 2.05) is 6.92 Å². The van der Waals surface area contributed by atoms with Crippen LogP contribution in [-0.2, 0) is 9.47 Å². The Labute approximate surface area is 128 Å². The van der Waals surface area contributed by atoms with Crippen molar-refractivity contribution in [3.8, 4) is 0 Å². The molecule has 0 aliphatic carbocycles. The third-order valence-corrected chi connectivity index (χ3v) is 4.11. The topological polar surface area (TPSA) is 79.2 Å². The van der Waals surface area contributed by atoms with Crippen molar-refractivity contribution < 1.29 is 24.8 Å². The van der Waals surface area contributed by atoms with Crippen molar-refractivity contribution in [1.29, 1.82) is 0 Å². The van der Waals surface area contributed by atoms with Crippen molar-refractivity contribution >= 4 is 0 Å².